The average Bonchev–Trinajstić information content (AvgIpc) is 2.36. The predicted octanol–water partition coefficient (Wildman–Crippen LogP) is 4.44. The van der Waals surface area contributed by atoms with E-state index in [0.29, 0.717) is 0 Å². The van der Waals surface area contributed by atoms with Crippen LogP contribution in [0.1, 0.15) is 58.4 Å². The van der Waals surface area contributed by atoms with Gasteiger partial charge in [0.15, 0.2) is 0 Å². The van der Waals surface area contributed by atoms with Crippen molar-refractivity contribution in [1.82, 2.24) is 15.2 Å². The Morgan fingerprint density at radius 3 is 2.00 bits per heavy atom. The van der Waals surface area contributed by atoms with Gasteiger partial charge in [0.2, 0.25) is 0 Å². The standard InChI is InChI=1S/C18H25N3/c1-12-14(17(2,3)4)16(18(5,6)7)21-20-15(12)13-10-8-9-11-19-13/h8-11H,1-7H3. The van der Waals surface area contributed by atoms with Gasteiger partial charge in [-0.25, -0.2) is 0 Å². The minimum absolute atomic E-state index is 0.0200. The summed E-state index contributed by atoms with van der Waals surface area (Å²) < 4.78 is 0. The molecule has 2 aromatic heterocycles. The summed E-state index contributed by atoms with van der Waals surface area (Å²) >= 11 is 0. The van der Waals surface area contributed by atoms with Crippen LogP contribution in [0.15, 0.2) is 24.4 Å². The molecule has 0 unspecified atom stereocenters. The van der Waals surface area contributed by atoms with Gasteiger partial charge in [0.05, 0.1) is 11.4 Å². The maximum absolute atomic E-state index is 4.56. The average molecular weight is 283 g/mol. The molecule has 0 radical (unpaired) electrons. The Morgan fingerprint density at radius 1 is 0.857 bits per heavy atom. The highest BCUT2D eigenvalue weighted by Gasteiger charge is 2.30. The molecule has 0 amide bonds. The van der Waals surface area contributed by atoms with Crippen molar-refractivity contribution in [3.63, 3.8) is 0 Å². The molecule has 0 spiro atoms. The zero-order valence-electron chi connectivity index (χ0n) is 14.2. The molecule has 0 aliphatic carbocycles. The topological polar surface area (TPSA) is 38.7 Å². The van der Waals surface area contributed by atoms with Crippen molar-refractivity contribution >= 4 is 0 Å². The van der Waals surface area contributed by atoms with E-state index in [1.807, 2.05) is 18.2 Å². The first kappa shape index (κ1) is 15.6. The highest BCUT2D eigenvalue weighted by Crippen LogP contribution is 2.36. The van der Waals surface area contributed by atoms with Gasteiger partial charge in [-0.2, -0.15) is 5.10 Å². The third kappa shape index (κ3) is 3.12. The molecule has 2 heterocycles. The summed E-state index contributed by atoms with van der Waals surface area (Å²) in [6.07, 6.45) is 1.80. The Morgan fingerprint density at radius 2 is 1.52 bits per heavy atom. The van der Waals surface area contributed by atoms with Crippen molar-refractivity contribution in [2.45, 2.75) is 59.3 Å². The SMILES string of the molecule is Cc1c(-c2ccccn2)nnc(C(C)(C)C)c1C(C)(C)C. The second-order valence-corrected chi connectivity index (χ2v) is 7.61. The summed E-state index contributed by atoms with van der Waals surface area (Å²) in [5, 5.41) is 9.04. The van der Waals surface area contributed by atoms with Crippen LogP contribution in [0.2, 0.25) is 0 Å². The zero-order chi connectivity index (χ0) is 15.8. The Labute approximate surface area is 127 Å². The van der Waals surface area contributed by atoms with Crippen LogP contribution < -0.4 is 0 Å². The fourth-order valence-corrected chi connectivity index (χ4v) is 2.71. The number of hydrogen-bond acceptors (Lipinski definition) is 3. The van der Waals surface area contributed by atoms with Crippen LogP contribution in [-0.4, -0.2) is 15.2 Å². The molecule has 3 heteroatoms. The number of aromatic nitrogens is 3. The second-order valence-electron chi connectivity index (χ2n) is 7.61. The van der Waals surface area contributed by atoms with Crippen molar-refractivity contribution < 1.29 is 0 Å². The first-order valence-electron chi connectivity index (χ1n) is 7.42. The van der Waals surface area contributed by atoms with Crippen LogP contribution >= 0.6 is 0 Å². The van der Waals surface area contributed by atoms with Crippen molar-refractivity contribution in [2.24, 2.45) is 0 Å². The Bertz CT molecular complexity index is 632. The first-order chi connectivity index (χ1) is 9.62. The van der Waals surface area contributed by atoms with E-state index < -0.39 is 0 Å². The van der Waals surface area contributed by atoms with Gasteiger partial charge < -0.3 is 0 Å². The van der Waals surface area contributed by atoms with Crippen LogP contribution in [0.4, 0.5) is 0 Å². The molecule has 0 saturated carbocycles. The van der Waals surface area contributed by atoms with Gasteiger partial charge in [-0.3, -0.25) is 4.98 Å². The Hall–Kier alpha value is -1.77. The minimum atomic E-state index is -0.0248. The van der Waals surface area contributed by atoms with E-state index in [9.17, 15) is 0 Å². The summed E-state index contributed by atoms with van der Waals surface area (Å²) in [5.74, 6) is 0. The van der Waals surface area contributed by atoms with Crippen molar-refractivity contribution in [3.8, 4) is 11.4 Å². The Balaban J connectivity index is 2.75. The van der Waals surface area contributed by atoms with Crippen molar-refractivity contribution in [1.29, 1.82) is 0 Å². The van der Waals surface area contributed by atoms with E-state index in [2.05, 4.69) is 63.6 Å². The molecule has 0 aromatic carbocycles. The second kappa shape index (κ2) is 5.21. The molecule has 0 atom stereocenters. The highest BCUT2D eigenvalue weighted by molar-refractivity contribution is 5.61. The molecule has 2 rings (SSSR count). The smallest absolute Gasteiger partial charge is 0.115 e. The van der Waals surface area contributed by atoms with E-state index >= 15 is 0 Å². The van der Waals surface area contributed by atoms with Crippen LogP contribution in [-0.2, 0) is 10.8 Å². The predicted molar refractivity (Wildman–Crippen MR) is 87.4 cm³/mol. The number of hydrogen-bond donors (Lipinski definition) is 0. The van der Waals surface area contributed by atoms with Crippen LogP contribution in [0, 0.1) is 6.92 Å². The molecule has 21 heavy (non-hydrogen) atoms. The summed E-state index contributed by atoms with van der Waals surface area (Å²) in [7, 11) is 0. The van der Waals surface area contributed by atoms with E-state index in [0.717, 1.165) is 17.1 Å². The van der Waals surface area contributed by atoms with E-state index in [1.165, 1.54) is 11.1 Å². The van der Waals surface area contributed by atoms with Gasteiger partial charge in [0.1, 0.15) is 5.69 Å². The van der Waals surface area contributed by atoms with Crippen molar-refractivity contribution in [2.75, 3.05) is 0 Å². The largest absolute Gasteiger partial charge is 0.255 e. The molecule has 0 aliphatic rings. The maximum Gasteiger partial charge on any atom is 0.115 e. The number of pyridine rings is 1. The van der Waals surface area contributed by atoms with Gasteiger partial charge in [-0.1, -0.05) is 47.6 Å². The summed E-state index contributed by atoms with van der Waals surface area (Å²) in [4.78, 5) is 4.42. The van der Waals surface area contributed by atoms with E-state index in [1.54, 1.807) is 6.20 Å². The summed E-state index contributed by atoms with van der Waals surface area (Å²) in [6, 6.07) is 5.89. The molecule has 0 bridgehead atoms. The van der Waals surface area contributed by atoms with Crippen molar-refractivity contribution in [3.05, 3.63) is 41.2 Å². The third-order valence-electron chi connectivity index (χ3n) is 3.58. The molecule has 0 aliphatic heterocycles. The molecule has 0 N–H and O–H groups in total. The fraction of sp³-hybridized carbons (Fsp3) is 0.500. The zero-order valence-corrected chi connectivity index (χ0v) is 14.2. The van der Waals surface area contributed by atoms with Gasteiger partial charge >= 0.3 is 0 Å². The quantitative estimate of drug-likeness (QED) is 0.776. The highest BCUT2D eigenvalue weighted by atomic mass is 15.1. The third-order valence-corrected chi connectivity index (χ3v) is 3.58. The first-order valence-corrected chi connectivity index (χ1v) is 7.42. The van der Waals surface area contributed by atoms with Gasteiger partial charge in [-0.05, 0) is 35.6 Å². The molecule has 2 aromatic rings. The lowest BCUT2D eigenvalue weighted by Crippen LogP contribution is -2.26. The number of rotatable bonds is 1. The maximum atomic E-state index is 4.56. The van der Waals surface area contributed by atoms with Crippen LogP contribution in [0.25, 0.3) is 11.4 Å². The molecule has 112 valence electrons. The van der Waals surface area contributed by atoms with E-state index in [-0.39, 0.29) is 10.8 Å². The monoisotopic (exact) mass is 283 g/mol. The normalized spacial score (nSPS) is 12.5. The minimum Gasteiger partial charge on any atom is -0.255 e. The van der Waals surface area contributed by atoms with Gasteiger partial charge in [0, 0.05) is 11.6 Å². The molecular formula is C18H25N3. The molecule has 3 nitrogen and oxygen atoms in total. The van der Waals surface area contributed by atoms with E-state index in [4.69, 9.17) is 0 Å². The molecule has 0 fully saturated rings. The van der Waals surface area contributed by atoms with Crippen LogP contribution in [0.3, 0.4) is 0 Å². The molecular weight excluding hydrogens is 258 g/mol. The number of nitrogens with zero attached hydrogens (tertiary/aromatic N) is 3. The summed E-state index contributed by atoms with van der Waals surface area (Å²) in [6.45, 7) is 15.4. The lowest BCUT2D eigenvalue weighted by molar-refractivity contribution is 0.503. The molecule has 0 saturated heterocycles. The lowest BCUT2D eigenvalue weighted by Gasteiger charge is -2.30. The fourth-order valence-electron chi connectivity index (χ4n) is 2.71. The summed E-state index contributed by atoms with van der Waals surface area (Å²) in [5.41, 5.74) is 5.30. The van der Waals surface area contributed by atoms with Gasteiger partial charge in [-0.15, -0.1) is 5.10 Å². The lowest BCUT2D eigenvalue weighted by atomic mass is 9.76. The van der Waals surface area contributed by atoms with Gasteiger partial charge in [0.25, 0.3) is 0 Å². The van der Waals surface area contributed by atoms with Crippen LogP contribution in [0.5, 0.6) is 0 Å². The Kier molecular flexibility index (Phi) is 3.87.